The molecule has 0 aromatic carbocycles. The average molecular weight is 286 g/mol. The van der Waals surface area contributed by atoms with E-state index in [4.69, 9.17) is 10.8 Å². The smallest absolute Gasteiger partial charge is 0.303 e. The van der Waals surface area contributed by atoms with Crippen LogP contribution < -0.4 is 11.1 Å². The van der Waals surface area contributed by atoms with Crippen LogP contribution in [0.3, 0.4) is 0 Å². The number of carboxylic acid groups (broad SMARTS) is 1. The molecule has 0 radical (unpaired) electrons. The fraction of sp³-hybridized carbons (Fsp3) is 0.867. The monoisotopic (exact) mass is 286 g/mol. The molecule has 0 fully saturated rings. The highest BCUT2D eigenvalue weighted by Gasteiger charge is 2.40. The van der Waals surface area contributed by atoms with Crippen molar-refractivity contribution in [2.45, 2.75) is 59.9 Å². The predicted molar refractivity (Wildman–Crippen MR) is 80.3 cm³/mol. The highest BCUT2D eigenvalue weighted by Crippen LogP contribution is 2.28. The van der Waals surface area contributed by atoms with Crippen LogP contribution in [0.25, 0.3) is 0 Å². The predicted octanol–water partition coefficient (Wildman–Crippen LogP) is 2.00. The van der Waals surface area contributed by atoms with E-state index in [-0.39, 0.29) is 18.2 Å². The van der Waals surface area contributed by atoms with E-state index in [2.05, 4.69) is 5.32 Å². The van der Waals surface area contributed by atoms with Crippen LogP contribution in [0, 0.1) is 17.3 Å². The standard InChI is InChI=1S/C15H30N2O3/c1-10(2)7-11(8-12(18)19)9-17-13(20)14(3,4)15(5,6)16/h10-11H,7-9,16H2,1-6H3,(H,17,20)(H,18,19). The fourth-order valence-corrected chi connectivity index (χ4v) is 1.90. The molecule has 4 N–H and O–H groups in total. The first-order valence-corrected chi connectivity index (χ1v) is 7.17. The highest BCUT2D eigenvalue weighted by atomic mass is 16.4. The number of carbonyl (C=O) groups is 2. The van der Waals surface area contributed by atoms with E-state index < -0.39 is 16.9 Å². The minimum Gasteiger partial charge on any atom is -0.481 e. The number of nitrogens with one attached hydrogen (secondary N) is 1. The van der Waals surface area contributed by atoms with Crippen LogP contribution >= 0.6 is 0 Å². The van der Waals surface area contributed by atoms with Gasteiger partial charge in [0.15, 0.2) is 0 Å². The molecule has 0 spiro atoms. The second-order valence-corrected chi connectivity index (χ2v) is 7.15. The SMILES string of the molecule is CC(C)CC(CNC(=O)C(C)(C)C(C)(C)N)CC(=O)O. The summed E-state index contributed by atoms with van der Waals surface area (Å²) in [5.41, 5.74) is 4.68. The van der Waals surface area contributed by atoms with Crippen molar-refractivity contribution in [2.75, 3.05) is 6.54 Å². The van der Waals surface area contributed by atoms with Gasteiger partial charge in [-0.25, -0.2) is 0 Å². The number of carbonyl (C=O) groups excluding carboxylic acids is 1. The summed E-state index contributed by atoms with van der Waals surface area (Å²) in [5, 5.41) is 11.8. The third-order valence-electron chi connectivity index (χ3n) is 4.00. The topological polar surface area (TPSA) is 92.4 Å². The van der Waals surface area contributed by atoms with Crippen molar-refractivity contribution in [3.8, 4) is 0 Å². The molecule has 0 aliphatic rings. The molecule has 0 aliphatic heterocycles. The van der Waals surface area contributed by atoms with Crippen molar-refractivity contribution in [1.82, 2.24) is 5.32 Å². The molecule has 0 heterocycles. The minimum absolute atomic E-state index is 0.0480. The summed E-state index contributed by atoms with van der Waals surface area (Å²) in [6.45, 7) is 11.7. The maximum absolute atomic E-state index is 12.2. The second-order valence-electron chi connectivity index (χ2n) is 7.15. The number of aliphatic carboxylic acids is 1. The molecule has 20 heavy (non-hydrogen) atoms. The lowest BCUT2D eigenvalue weighted by Crippen LogP contribution is -2.56. The Hall–Kier alpha value is -1.10. The zero-order valence-electron chi connectivity index (χ0n) is 13.6. The van der Waals surface area contributed by atoms with Crippen molar-refractivity contribution < 1.29 is 14.7 Å². The van der Waals surface area contributed by atoms with Crippen molar-refractivity contribution in [3.63, 3.8) is 0 Å². The van der Waals surface area contributed by atoms with Gasteiger partial charge < -0.3 is 16.2 Å². The summed E-state index contributed by atoms with van der Waals surface area (Å²) < 4.78 is 0. The van der Waals surface area contributed by atoms with E-state index in [0.29, 0.717) is 12.5 Å². The van der Waals surface area contributed by atoms with E-state index in [1.807, 2.05) is 27.7 Å². The van der Waals surface area contributed by atoms with Crippen LogP contribution in [0.2, 0.25) is 0 Å². The van der Waals surface area contributed by atoms with Crippen LogP contribution in [-0.4, -0.2) is 29.1 Å². The number of carboxylic acids is 1. The summed E-state index contributed by atoms with van der Waals surface area (Å²) in [7, 11) is 0. The minimum atomic E-state index is -0.830. The Kier molecular flexibility index (Phi) is 6.68. The van der Waals surface area contributed by atoms with Gasteiger partial charge in [-0.15, -0.1) is 0 Å². The fourth-order valence-electron chi connectivity index (χ4n) is 1.90. The lowest BCUT2D eigenvalue weighted by Gasteiger charge is -2.37. The van der Waals surface area contributed by atoms with Gasteiger partial charge in [0.05, 0.1) is 5.41 Å². The van der Waals surface area contributed by atoms with Gasteiger partial charge in [-0.3, -0.25) is 9.59 Å². The van der Waals surface area contributed by atoms with E-state index in [0.717, 1.165) is 6.42 Å². The van der Waals surface area contributed by atoms with Crippen molar-refractivity contribution >= 4 is 11.9 Å². The third kappa shape index (κ3) is 5.90. The second kappa shape index (κ2) is 7.07. The maximum atomic E-state index is 12.2. The molecule has 0 aromatic rings. The van der Waals surface area contributed by atoms with Crippen molar-refractivity contribution in [3.05, 3.63) is 0 Å². The van der Waals surface area contributed by atoms with Gasteiger partial charge in [0.1, 0.15) is 0 Å². The summed E-state index contributed by atoms with van der Waals surface area (Å²) in [5.74, 6) is -0.615. The molecular formula is C15H30N2O3. The Morgan fingerprint density at radius 2 is 1.70 bits per heavy atom. The van der Waals surface area contributed by atoms with Crippen LogP contribution in [0.5, 0.6) is 0 Å². The molecule has 0 aromatic heterocycles. The molecule has 0 saturated carbocycles. The molecule has 0 rings (SSSR count). The van der Waals surface area contributed by atoms with E-state index in [1.54, 1.807) is 13.8 Å². The molecule has 1 atom stereocenters. The third-order valence-corrected chi connectivity index (χ3v) is 4.00. The van der Waals surface area contributed by atoms with Crippen molar-refractivity contribution in [2.24, 2.45) is 23.0 Å². The number of hydrogen-bond acceptors (Lipinski definition) is 3. The molecule has 0 aliphatic carbocycles. The molecule has 1 unspecified atom stereocenters. The van der Waals surface area contributed by atoms with Gasteiger partial charge in [-0.2, -0.15) is 0 Å². The summed E-state index contributed by atoms with van der Waals surface area (Å²) in [6, 6.07) is 0. The quantitative estimate of drug-likeness (QED) is 0.636. The number of rotatable bonds is 8. The zero-order valence-corrected chi connectivity index (χ0v) is 13.6. The molecule has 0 bridgehead atoms. The van der Waals surface area contributed by atoms with Gasteiger partial charge >= 0.3 is 5.97 Å². The highest BCUT2D eigenvalue weighted by molar-refractivity contribution is 5.83. The Bertz CT molecular complexity index is 344. The maximum Gasteiger partial charge on any atom is 0.303 e. The van der Waals surface area contributed by atoms with Crippen LogP contribution in [0.1, 0.15) is 54.4 Å². The van der Waals surface area contributed by atoms with Gasteiger partial charge in [0.2, 0.25) is 5.91 Å². The Morgan fingerprint density at radius 1 is 1.20 bits per heavy atom. The Balaban J connectivity index is 4.62. The van der Waals surface area contributed by atoms with E-state index >= 15 is 0 Å². The Labute approximate surface area is 122 Å². The number of amides is 1. The molecule has 0 saturated heterocycles. The van der Waals surface area contributed by atoms with Gasteiger partial charge in [0, 0.05) is 18.5 Å². The first-order chi connectivity index (χ1) is 8.87. The molecule has 1 amide bonds. The first-order valence-electron chi connectivity index (χ1n) is 7.17. The normalized spacial score (nSPS) is 14.2. The Morgan fingerprint density at radius 3 is 2.05 bits per heavy atom. The van der Waals surface area contributed by atoms with Gasteiger partial charge in [-0.05, 0) is 46.0 Å². The number of hydrogen-bond donors (Lipinski definition) is 3. The van der Waals surface area contributed by atoms with Gasteiger partial charge in [0.25, 0.3) is 0 Å². The van der Waals surface area contributed by atoms with Crippen LogP contribution in [-0.2, 0) is 9.59 Å². The van der Waals surface area contributed by atoms with Crippen LogP contribution in [0.4, 0.5) is 0 Å². The van der Waals surface area contributed by atoms with E-state index in [1.165, 1.54) is 0 Å². The molecule has 118 valence electrons. The van der Waals surface area contributed by atoms with Crippen molar-refractivity contribution in [1.29, 1.82) is 0 Å². The number of nitrogens with two attached hydrogens (primary N) is 1. The zero-order chi connectivity index (χ0) is 16.1. The lowest BCUT2D eigenvalue weighted by molar-refractivity contribution is -0.139. The molecule has 5 nitrogen and oxygen atoms in total. The summed E-state index contributed by atoms with van der Waals surface area (Å²) >= 11 is 0. The van der Waals surface area contributed by atoms with E-state index in [9.17, 15) is 9.59 Å². The largest absolute Gasteiger partial charge is 0.481 e. The lowest BCUT2D eigenvalue weighted by atomic mass is 9.74. The average Bonchev–Trinajstić information content (AvgIpc) is 2.21. The summed E-state index contributed by atoms with van der Waals surface area (Å²) in [6.07, 6.45) is 0.851. The summed E-state index contributed by atoms with van der Waals surface area (Å²) in [4.78, 5) is 23.1. The van der Waals surface area contributed by atoms with Crippen LogP contribution in [0.15, 0.2) is 0 Å². The molecular weight excluding hydrogens is 256 g/mol. The first kappa shape index (κ1) is 18.9. The molecule has 5 heteroatoms. The van der Waals surface area contributed by atoms with Gasteiger partial charge in [-0.1, -0.05) is 13.8 Å².